The van der Waals surface area contributed by atoms with Crippen LogP contribution in [0.1, 0.15) is 34.1 Å². The third kappa shape index (κ3) is 1.22. The molecule has 1 aliphatic rings. The number of aliphatic hydroxyl groups excluding tert-OH is 1. The molecule has 0 aliphatic heterocycles. The summed E-state index contributed by atoms with van der Waals surface area (Å²) in [6, 6.07) is 0. The van der Waals surface area contributed by atoms with E-state index in [1.807, 2.05) is 0 Å². The maximum absolute atomic E-state index is 9.11. The van der Waals surface area contributed by atoms with Gasteiger partial charge in [0.25, 0.3) is 0 Å². The van der Waals surface area contributed by atoms with Gasteiger partial charge in [-0.1, -0.05) is 25.0 Å². The van der Waals surface area contributed by atoms with Crippen molar-refractivity contribution in [2.75, 3.05) is 6.61 Å². The summed E-state index contributed by atoms with van der Waals surface area (Å²) in [5.41, 5.74) is 3.16. The lowest BCUT2D eigenvalue weighted by molar-refractivity contribution is 0.157. The number of rotatable bonds is 1. The Morgan fingerprint density at radius 3 is 2.18 bits per heavy atom. The maximum atomic E-state index is 9.11. The lowest BCUT2D eigenvalue weighted by Gasteiger charge is -2.27. The summed E-state index contributed by atoms with van der Waals surface area (Å²) in [7, 11) is 0. The standard InChI is InChI=1S/C10H18O/c1-7-5-9(6-11)10(3,4)8(7)2/h9,11H,5-6H2,1-4H3/t9-/m1/s1. The average molecular weight is 154 g/mol. The Morgan fingerprint density at radius 2 is 2.00 bits per heavy atom. The van der Waals surface area contributed by atoms with Crippen molar-refractivity contribution in [3.63, 3.8) is 0 Å². The zero-order chi connectivity index (χ0) is 8.65. The molecule has 0 heterocycles. The maximum Gasteiger partial charge on any atom is 0.0470 e. The van der Waals surface area contributed by atoms with E-state index in [1.54, 1.807) is 0 Å². The van der Waals surface area contributed by atoms with Gasteiger partial charge in [-0.2, -0.15) is 0 Å². The van der Waals surface area contributed by atoms with Crippen LogP contribution >= 0.6 is 0 Å². The van der Waals surface area contributed by atoms with Crippen LogP contribution in [0.4, 0.5) is 0 Å². The summed E-state index contributed by atoms with van der Waals surface area (Å²) in [6.07, 6.45) is 1.08. The fourth-order valence-electron chi connectivity index (χ4n) is 1.93. The van der Waals surface area contributed by atoms with Crippen LogP contribution in [0.15, 0.2) is 11.1 Å². The highest BCUT2D eigenvalue weighted by Crippen LogP contribution is 2.46. The van der Waals surface area contributed by atoms with Gasteiger partial charge in [-0.05, 0) is 31.6 Å². The zero-order valence-corrected chi connectivity index (χ0v) is 7.94. The summed E-state index contributed by atoms with van der Waals surface area (Å²) in [5.74, 6) is 0.447. The molecule has 0 fully saturated rings. The number of hydrogen-bond acceptors (Lipinski definition) is 1. The van der Waals surface area contributed by atoms with E-state index < -0.39 is 0 Å². The van der Waals surface area contributed by atoms with Gasteiger partial charge in [0.15, 0.2) is 0 Å². The van der Waals surface area contributed by atoms with E-state index in [0.29, 0.717) is 12.5 Å². The van der Waals surface area contributed by atoms with E-state index in [1.165, 1.54) is 11.1 Å². The predicted octanol–water partition coefficient (Wildman–Crippen LogP) is 2.36. The normalized spacial score (nSPS) is 29.7. The fraction of sp³-hybridized carbons (Fsp3) is 0.800. The molecule has 1 aliphatic carbocycles. The van der Waals surface area contributed by atoms with E-state index in [2.05, 4.69) is 27.7 Å². The third-order valence-corrected chi connectivity index (χ3v) is 3.40. The highest BCUT2D eigenvalue weighted by Gasteiger charge is 2.36. The monoisotopic (exact) mass is 154 g/mol. The quantitative estimate of drug-likeness (QED) is 0.575. The van der Waals surface area contributed by atoms with E-state index in [-0.39, 0.29) is 5.41 Å². The minimum Gasteiger partial charge on any atom is -0.396 e. The second-order valence-corrected chi connectivity index (χ2v) is 4.21. The first-order chi connectivity index (χ1) is 5.00. The molecule has 0 saturated heterocycles. The summed E-state index contributed by atoms with van der Waals surface area (Å²) in [4.78, 5) is 0. The Bertz CT molecular complexity index is 189. The lowest BCUT2D eigenvalue weighted by Crippen LogP contribution is -2.23. The first kappa shape index (κ1) is 8.79. The van der Waals surface area contributed by atoms with Gasteiger partial charge in [-0.15, -0.1) is 0 Å². The van der Waals surface area contributed by atoms with Gasteiger partial charge >= 0.3 is 0 Å². The van der Waals surface area contributed by atoms with Crippen molar-refractivity contribution >= 4 is 0 Å². The minimum absolute atomic E-state index is 0.221. The number of hydrogen-bond donors (Lipinski definition) is 1. The molecule has 1 heteroatoms. The largest absolute Gasteiger partial charge is 0.396 e. The third-order valence-electron chi connectivity index (χ3n) is 3.40. The van der Waals surface area contributed by atoms with Crippen molar-refractivity contribution in [1.82, 2.24) is 0 Å². The molecular weight excluding hydrogens is 136 g/mol. The molecule has 0 radical (unpaired) electrons. The van der Waals surface area contributed by atoms with Gasteiger partial charge in [0.05, 0.1) is 0 Å². The van der Waals surface area contributed by atoms with Crippen LogP contribution in [-0.2, 0) is 0 Å². The van der Waals surface area contributed by atoms with Gasteiger partial charge in [0.1, 0.15) is 0 Å². The zero-order valence-electron chi connectivity index (χ0n) is 7.94. The van der Waals surface area contributed by atoms with Crippen LogP contribution in [0.3, 0.4) is 0 Å². The Labute approximate surface area is 69.1 Å². The molecule has 0 unspecified atom stereocenters. The van der Waals surface area contributed by atoms with Gasteiger partial charge in [-0.25, -0.2) is 0 Å². The van der Waals surface area contributed by atoms with E-state index in [0.717, 1.165) is 6.42 Å². The van der Waals surface area contributed by atoms with E-state index in [4.69, 9.17) is 5.11 Å². The van der Waals surface area contributed by atoms with Gasteiger partial charge in [0, 0.05) is 6.61 Å². The topological polar surface area (TPSA) is 20.2 Å². The molecule has 11 heavy (non-hydrogen) atoms. The molecule has 1 atom stereocenters. The molecule has 0 aromatic rings. The Balaban J connectivity index is 2.88. The minimum atomic E-state index is 0.221. The lowest BCUT2D eigenvalue weighted by atomic mass is 9.78. The first-order valence-electron chi connectivity index (χ1n) is 4.27. The van der Waals surface area contributed by atoms with Gasteiger partial charge in [0.2, 0.25) is 0 Å². The molecule has 64 valence electrons. The molecule has 1 rings (SSSR count). The van der Waals surface area contributed by atoms with Crippen molar-refractivity contribution in [2.24, 2.45) is 11.3 Å². The smallest absolute Gasteiger partial charge is 0.0470 e. The van der Waals surface area contributed by atoms with Gasteiger partial charge < -0.3 is 5.11 Å². The van der Waals surface area contributed by atoms with Crippen molar-refractivity contribution in [2.45, 2.75) is 34.1 Å². The van der Waals surface area contributed by atoms with Crippen LogP contribution in [0.5, 0.6) is 0 Å². The second-order valence-electron chi connectivity index (χ2n) is 4.21. The van der Waals surface area contributed by atoms with Gasteiger partial charge in [-0.3, -0.25) is 0 Å². The van der Waals surface area contributed by atoms with Crippen LogP contribution < -0.4 is 0 Å². The molecule has 0 aromatic heterocycles. The number of aliphatic hydroxyl groups is 1. The van der Waals surface area contributed by atoms with Crippen molar-refractivity contribution < 1.29 is 5.11 Å². The SMILES string of the molecule is CC1=C(C)C(C)(C)[C@@H](CO)C1. The molecule has 0 bridgehead atoms. The summed E-state index contributed by atoms with van der Waals surface area (Å²) < 4.78 is 0. The van der Waals surface area contributed by atoms with E-state index in [9.17, 15) is 0 Å². The summed E-state index contributed by atoms with van der Waals surface area (Å²) >= 11 is 0. The first-order valence-corrected chi connectivity index (χ1v) is 4.27. The molecule has 0 amide bonds. The summed E-state index contributed by atoms with van der Waals surface area (Å²) in [5, 5.41) is 9.11. The molecule has 0 aromatic carbocycles. The Morgan fingerprint density at radius 1 is 1.45 bits per heavy atom. The van der Waals surface area contributed by atoms with Crippen molar-refractivity contribution in [3.05, 3.63) is 11.1 Å². The van der Waals surface area contributed by atoms with Crippen LogP contribution in [0.2, 0.25) is 0 Å². The number of allylic oxidation sites excluding steroid dienone is 2. The predicted molar refractivity (Wildman–Crippen MR) is 47.3 cm³/mol. The molecule has 1 nitrogen and oxygen atoms in total. The van der Waals surface area contributed by atoms with Crippen molar-refractivity contribution in [3.8, 4) is 0 Å². The highest BCUT2D eigenvalue weighted by atomic mass is 16.3. The second kappa shape index (κ2) is 2.63. The average Bonchev–Trinajstić information content (AvgIpc) is 2.13. The van der Waals surface area contributed by atoms with Crippen LogP contribution in [0.25, 0.3) is 0 Å². The fourth-order valence-corrected chi connectivity index (χ4v) is 1.93. The molecule has 1 N–H and O–H groups in total. The van der Waals surface area contributed by atoms with Crippen LogP contribution in [0, 0.1) is 11.3 Å². The molecular formula is C10H18O. The Hall–Kier alpha value is -0.300. The highest BCUT2D eigenvalue weighted by molar-refractivity contribution is 5.25. The van der Waals surface area contributed by atoms with E-state index >= 15 is 0 Å². The van der Waals surface area contributed by atoms with Crippen molar-refractivity contribution in [1.29, 1.82) is 0 Å². The molecule has 0 saturated carbocycles. The van der Waals surface area contributed by atoms with Crippen LogP contribution in [-0.4, -0.2) is 11.7 Å². The molecule has 0 spiro atoms. The summed E-state index contributed by atoms with van der Waals surface area (Å²) in [6.45, 7) is 9.12. The Kier molecular flexibility index (Phi) is 2.10.